The van der Waals surface area contributed by atoms with Crippen molar-refractivity contribution < 1.29 is 14.3 Å². The predicted octanol–water partition coefficient (Wildman–Crippen LogP) is 4.68. The highest BCUT2D eigenvalue weighted by molar-refractivity contribution is 6.32. The normalized spacial score (nSPS) is 10.6. The monoisotopic (exact) mass is 474 g/mol. The molecule has 0 aliphatic carbocycles. The number of amides is 2. The van der Waals surface area contributed by atoms with Crippen molar-refractivity contribution in [3.05, 3.63) is 76.7 Å². The largest absolute Gasteiger partial charge is 0.453 e. The molecule has 0 aliphatic rings. The Labute approximate surface area is 200 Å². The average Bonchev–Trinajstić information content (AvgIpc) is 3.28. The maximum absolute atomic E-state index is 13.1. The van der Waals surface area contributed by atoms with E-state index in [1.165, 1.54) is 24.1 Å². The predicted molar refractivity (Wildman–Crippen MR) is 128 cm³/mol. The second-order valence-corrected chi connectivity index (χ2v) is 7.84. The van der Waals surface area contributed by atoms with Gasteiger partial charge in [-0.1, -0.05) is 11.6 Å². The molecule has 4 aromatic rings. The zero-order valence-corrected chi connectivity index (χ0v) is 19.3. The fraction of sp³-hybridized carbons (Fsp3) is 0.125. The van der Waals surface area contributed by atoms with E-state index in [9.17, 15) is 9.59 Å². The number of hydrogen-bond acceptors (Lipinski definition) is 6. The Bertz CT molecular complexity index is 1460. The number of fused-ring (bicyclic) bond motifs is 1. The van der Waals surface area contributed by atoms with Crippen LogP contribution in [0.25, 0.3) is 16.9 Å². The quantitative estimate of drug-likeness (QED) is 0.459. The fourth-order valence-corrected chi connectivity index (χ4v) is 3.68. The van der Waals surface area contributed by atoms with E-state index in [1.807, 2.05) is 29.7 Å². The number of imidazole rings is 1. The lowest BCUT2D eigenvalue weighted by molar-refractivity contribution is 0.0993. The van der Waals surface area contributed by atoms with Crippen LogP contribution in [0.3, 0.4) is 0 Å². The summed E-state index contributed by atoms with van der Waals surface area (Å²) in [5.74, 6) is 0.0828. The number of carbonyl (C=O) groups excluding carboxylic acids is 2. The standard InChI is InChI=1S/C24H19ClN6O3/c1-14-8-18(30(2)23(32)15-4-5-16(10-26)19(25)9-15)13-31-20(12-28-22(14)31)17-6-7-21(27-11-17)29-24(33)34-3/h4-9,11-13H,1-3H3,(H,27,29,33). The molecule has 0 atom stereocenters. The van der Waals surface area contributed by atoms with E-state index >= 15 is 0 Å². The molecule has 10 heteroatoms. The Balaban J connectivity index is 1.69. The minimum Gasteiger partial charge on any atom is -0.453 e. The number of anilines is 2. The molecular formula is C24H19ClN6O3. The van der Waals surface area contributed by atoms with Crippen molar-refractivity contribution in [3.8, 4) is 17.3 Å². The molecule has 0 spiro atoms. The van der Waals surface area contributed by atoms with E-state index in [4.69, 9.17) is 16.9 Å². The third-order valence-electron chi connectivity index (χ3n) is 5.28. The summed E-state index contributed by atoms with van der Waals surface area (Å²) in [6, 6.07) is 11.9. The van der Waals surface area contributed by atoms with E-state index in [-0.39, 0.29) is 10.9 Å². The van der Waals surface area contributed by atoms with E-state index in [1.54, 1.807) is 37.6 Å². The van der Waals surface area contributed by atoms with Crippen molar-refractivity contribution in [2.45, 2.75) is 6.92 Å². The molecule has 0 fully saturated rings. The first kappa shape index (κ1) is 22.8. The van der Waals surface area contributed by atoms with Gasteiger partial charge in [-0.3, -0.25) is 14.5 Å². The second-order valence-electron chi connectivity index (χ2n) is 7.44. The molecule has 4 rings (SSSR count). The van der Waals surface area contributed by atoms with Gasteiger partial charge in [-0.15, -0.1) is 0 Å². The van der Waals surface area contributed by atoms with Crippen LogP contribution in [-0.2, 0) is 4.74 Å². The van der Waals surface area contributed by atoms with Crippen LogP contribution in [0.2, 0.25) is 5.02 Å². The first-order valence-electron chi connectivity index (χ1n) is 10.1. The summed E-state index contributed by atoms with van der Waals surface area (Å²) in [4.78, 5) is 34.7. The summed E-state index contributed by atoms with van der Waals surface area (Å²) >= 11 is 6.11. The average molecular weight is 475 g/mol. The third kappa shape index (κ3) is 4.27. The van der Waals surface area contributed by atoms with Crippen LogP contribution in [-0.4, -0.2) is 40.5 Å². The minimum absolute atomic E-state index is 0.225. The van der Waals surface area contributed by atoms with Crippen LogP contribution in [0.15, 0.2) is 55.0 Å². The Kier molecular flexibility index (Phi) is 6.17. The maximum atomic E-state index is 13.1. The van der Waals surface area contributed by atoms with Gasteiger partial charge in [0, 0.05) is 30.6 Å². The molecular weight excluding hydrogens is 456 g/mol. The number of nitrogens with zero attached hydrogens (tertiary/aromatic N) is 5. The van der Waals surface area contributed by atoms with Crippen LogP contribution < -0.4 is 10.2 Å². The third-order valence-corrected chi connectivity index (χ3v) is 5.59. The number of carbonyl (C=O) groups is 2. The number of aryl methyl sites for hydroxylation is 1. The van der Waals surface area contributed by atoms with E-state index in [0.717, 1.165) is 22.5 Å². The SMILES string of the molecule is COC(=O)Nc1ccc(-c2cnc3c(C)cc(N(C)C(=O)c4ccc(C#N)c(Cl)c4)cn23)cn1. The van der Waals surface area contributed by atoms with Crippen molar-refractivity contribution in [1.82, 2.24) is 14.4 Å². The molecule has 3 aromatic heterocycles. The molecule has 170 valence electrons. The van der Waals surface area contributed by atoms with Crippen molar-refractivity contribution >= 4 is 40.8 Å². The van der Waals surface area contributed by atoms with Gasteiger partial charge in [0.1, 0.15) is 17.5 Å². The Morgan fingerprint density at radius 1 is 1.18 bits per heavy atom. The molecule has 0 saturated carbocycles. The zero-order chi connectivity index (χ0) is 24.4. The minimum atomic E-state index is -0.605. The summed E-state index contributed by atoms with van der Waals surface area (Å²) in [7, 11) is 2.94. The first-order chi connectivity index (χ1) is 16.3. The van der Waals surface area contributed by atoms with E-state index < -0.39 is 6.09 Å². The lowest BCUT2D eigenvalue weighted by Gasteiger charge is -2.19. The Morgan fingerprint density at radius 2 is 1.97 bits per heavy atom. The molecule has 0 bridgehead atoms. The summed E-state index contributed by atoms with van der Waals surface area (Å²) in [6.07, 6.45) is 4.55. The summed E-state index contributed by atoms with van der Waals surface area (Å²) in [6.45, 7) is 1.91. The van der Waals surface area contributed by atoms with Gasteiger partial charge in [-0.05, 0) is 48.9 Å². The number of hydrogen-bond donors (Lipinski definition) is 1. The number of halogens is 1. The van der Waals surface area contributed by atoms with Crippen LogP contribution in [0.1, 0.15) is 21.5 Å². The zero-order valence-electron chi connectivity index (χ0n) is 18.5. The summed E-state index contributed by atoms with van der Waals surface area (Å²) < 4.78 is 6.45. The second kappa shape index (κ2) is 9.21. The number of benzene rings is 1. The highest BCUT2D eigenvalue weighted by atomic mass is 35.5. The van der Waals surface area contributed by atoms with Gasteiger partial charge in [0.15, 0.2) is 0 Å². The molecule has 0 saturated heterocycles. The van der Waals surface area contributed by atoms with Crippen molar-refractivity contribution in [2.75, 3.05) is 24.4 Å². The van der Waals surface area contributed by atoms with E-state index in [0.29, 0.717) is 22.6 Å². The van der Waals surface area contributed by atoms with Crippen LogP contribution in [0.4, 0.5) is 16.3 Å². The number of nitrogens with one attached hydrogen (secondary N) is 1. The molecule has 2 amide bonds. The lowest BCUT2D eigenvalue weighted by Crippen LogP contribution is -2.26. The van der Waals surface area contributed by atoms with Crippen LogP contribution in [0.5, 0.6) is 0 Å². The summed E-state index contributed by atoms with van der Waals surface area (Å²) in [5.41, 5.74) is 4.46. The Hall–Kier alpha value is -4.42. The van der Waals surface area contributed by atoms with E-state index in [2.05, 4.69) is 20.0 Å². The van der Waals surface area contributed by atoms with Crippen LogP contribution >= 0.6 is 11.6 Å². The topological polar surface area (TPSA) is 113 Å². The molecule has 0 aliphatic heterocycles. The van der Waals surface area contributed by atoms with Crippen molar-refractivity contribution in [3.63, 3.8) is 0 Å². The number of nitriles is 1. The smallest absolute Gasteiger partial charge is 0.412 e. The van der Waals surface area contributed by atoms with Gasteiger partial charge in [-0.25, -0.2) is 14.8 Å². The van der Waals surface area contributed by atoms with Gasteiger partial charge in [0.05, 0.1) is 35.3 Å². The molecule has 9 nitrogen and oxygen atoms in total. The summed E-state index contributed by atoms with van der Waals surface area (Å²) in [5, 5.41) is 11.8. The lowest BCUT2D eigenvalue weighted by atomic mass is 10.1. The number of pyridine rings is 2. The molecule has 1 aromatic carbocycles. The maximum Gasteiger partial charge on any atom is 0.412 e. The van der Waals surface area contributed by atoms with Gasteiger partial charge in [0.2, 0.25) is 0 Å². The van der Waals surface area contributed by atoms with Gasteiger partial charge < -0.3 is 9.64 Å². The molecule has 34 heavy (non-hydrogen) atoms. The molecule has 3 heterocycles. The highest BCUT2D eigenvalue weighted by Crippen LogP contribution is 2.27. The number of ether oxygens (including phenoxy) is 1. The Morgan fingerprint density at radius 3 is 2.62 bits per heavy atom. The number of rotatable bonds is 4. The fourth-order valence-electron chi connectivity index (χ4n) is 3.46. The number of methoxy groups -OCH3 is 1. The van der Waals surface area contributed by atoms with Gasteiger partial charge in [0.25, 0.3) is 5.91 Å². The number of aromatic nitrogens is 3. The molecule has 0 unspecified atom stereocenters. The van der Waals surface area contributed by atoms with Gasteiger partial charge in [-0.2, -0.15) is 5.26 Å². The van der Waals surface area contributed by atoms with Crippen molar-refractivity contribution in [2.24, 2.45) is 0 Å². The highest BCUT2D eigenvalue weighted by Gasteiger charge is 2.18. The molecule has 1 N–H and O–H groups in total. The molecule has 0 radical (unpaired) electrons. The van der Waals surface area contributed by atoms with Gasteiger partial charge >= 0.3 is 6.09 Å². The van der Waals surface area contributed by atoms with Crippen LogP contribution in [0, 0.1) is 18.3 Å². The first-order valence-corrected chi connectivity index (χ1v) is 10.5. The van der Waals surface area contributed by atoms with Crippen molar-refractivity contribution in [1.29, 1.82) is 5.26 Å².